The van der Waals surface area contributed by atoms with E-state index in [1.807, 2.05) is 24.3 Å². The molecule has 0 spiro atoms. The van der Waals surface area contributed by atoms with Crippen LogP contribution in [-0.2, 0) is 29.8 Å². The van der Waals surface area contributed by atoms with Gasteiger partial charge in [0.05, 0.1) is 0 Å². The molecule has 1 fully saturated rings. The van der Waals surface area contributed by atoms with Crippen molar-refractivity contribution in [2.24, 2.45) is 0 Å². The molecule has 2 aromatic carbocycles. The molecule has 0 aliphatic carbocycles. The van der Waals surface area contributed by atoms with Crippen LogP contribution in [0.5, 0.6) is 0 Å². The van der Waals surface area contributed by atoms with Crippen LogP contribution in [0.2, 0.25) is 5.02 Å². The van der Waals surface area contributed by atoms with Gasteiger partial charge in [0, 0.05) is 63.4 Å². The number of benzene rings is 2. The summed E-state index contributed by atoms with van der Waals surface area (Å²) >= 11 is 6.00. The lowest BCUT2D eigenvalue weighted by Crippen LogP contribution is -2.43. The van der Waals surface area contributed by atoms with Crippen molar-refractivity contribution in [3.8, 4) is 0 Å². The third kappa shape index (κ3) is 6.23. The predicted octanol–water partition coefficient (Wildman–Crippen LogP) is 2.69. The lowest BCUT2D eigenvalue weighted by Gasteiger charge is -2.32. The van der Waals surface area contributed by atoms with Gasteiger partial charge in [-0.2, -0.15) is 17.4 Å². The number of piperazine rings is 1. The van der Waals surface area contributed by atoms with Crippen LogP contribution in [0.25, 0.3) is 0 Å². The summed E-state index contributed by atoms with van der Waals surface area (Å²) in [6, 6.07) is 12.2. The van der Waals surface area contributed by atoms with E-state index in [4.69, 9.17) is 11.6 Å². The van der Waals surface area contributed by atoms with E-state index in [1.165, 1.54) is 30.8 Å². The molecule has 164 valence electrons. The van der Waals surface area contributed by atoms with Gasteiger partial charge in [-0.1, -0.05) is 41.9 Å². The first-order chi connectivity index (χ1) is 14.2. The summed E-state index contributed by atoms with van der Waals surface area (Å²) in [4.78, 5) is 4.74. The van der Waals surface area contributed by atoms with Gasteiger partial charge in [0.25, 0.3) is 10.2 Å². The molecule has 0 atom stereocenters. The van der Waals surface area contributed by atoms with E-state index in [2.05, 4.69) is 21.6 Å². The van der Waals surface area contributed by atoms with Crippen molar-refractivity contribution in [3.63, 3.8) is 0 Å². The summed E-state index contributed by atoms with van der Waals surface area (Å²) in [5, 5.41) is 0.202. The fraction of sp³-hybridized carbons (Fsp3) is 0.429. The van der Waals surface area contributed by atoms with Crippen LogP contribution in [0.4, 0.5) is 4.39 Å². The first-order valence-electron chi connectivity index (χ1n) is 9.87. The Morgan fingerprint density at radius 2 is 1.70 bits per heavy atom. The lowest BCUT2D eigenvalue weighted by molar-refractivity contribution is 0.148. The molecular weight excluding hydrogens is 427 g/mol. The van der Waals surface area contributed by atoms with Crippen LogP contribution in [0.3, 0.4) is 0 Å². The van der Waals surface area contributed by atoms with E-state index in [1.54, 1.807) is 0 Å². The Morgan fingerprint density at radius 1 is 1.07 bits per heavy atom. The minimum atomic E-state index is -3.78. The van der Waals surface area contributed by atoms with E-state index in [-0.39, 0.29) is 23.7 Å². The zero-order valence-corrected chi connectivity index (χ0v) is 18.9. The van der Waals surface area contributed by atoms with E-state index in [0.29, 0.717) is 0 Å². The van der Waals surface area contributed by atoms with Gasteiger partial charge in [-0.25, -0.2) is 4.39 Å². The number of halogens is 2. The van der Waals surface area contributed by atoms with Gasteiger partial charge >= 0.3 is 0 Å². The number of likely N-dealkylation sites (N-methyl/N-ethyl adjacent to an activating group) is 1. The minimum absolute atomic E-state index is 0.148. The van der Waals surface area contributed by atoms with Crippen LogP contribution in [0.1, 0.15) is 16.7 Å². The van der Waals surface area contributed by atoms with Crippen LogP contribution in [-0.4, -0.2) is 62.8 Å². The maximum atomic E-state index is 13.9. The van der Waals surface area contributed by atoms with Crippen molar-refractivity contribution in [2.45, 2.75) is 19.6 Å². The molecule has 0 aromatic heterocycles. The molecule has 9 heteroatoms. The second-order valence-corrected chi connectivity index (χ2v) is 9.95. The molecule has 0 saturated carbocycles. The Labute approximate surface area is 183 Å². The highest BCUT2D eigenvalue weighted by Gasteiger charge is 2.20. The molecule has 6 nitrogen and oxygen atoms in total. The van der Waals surface area contributed by atoms with Crippen molar-refractivity contribution in [1.29, 1.82) is 0 Å². The topological polar surface area (TPSA) is 55.9 Å². The molecule has 0 bridgehead atoms. The number of rotatable bonds is 8. The van der Waals surface area contributed by atoms with Gasteiger partial charge in [0.2, 0.25) is 0 Å². The molecule has 1 heterocycles. The third-order valence-electron chi connectivity index (χ3n) is 5.34. The van der Waals surface area contributed by atoms with Gasteiger partial charge < -0.3 is 4.90 Å². The molecule has 0 radical (unpaired) electrons. The molecule has 0 amide bonds. The molecule has 30 heavy (non-hydrogen) atoms. The van der Waals surface area contributed by atoms with Crippen molar-refractivity contribution in [3.05, 3.63) is 70.0 Å². The highest BCUT2D eigenvalue weighted by atomic mass is 35.5. The van der Waals surface area contributed by atoms with Crippen molar-refractivity contribution >= 4 is 21.8 Å². The van der Waals surface area contributed by atoms with E-state index in [9.17, 15) is 12.8 Å². The monoisotopic (exact) mass is 454 g/mol. The third-order valence-corrected chi connectivity index (χ3v) is 7.15. The Bertz CT molecular complexity index is 928. The Hall–Kier alpha value is -1.55. The van der Waals surface area contributed by atoms with Crippen LogP contribution in [0.15, 0.2) is 42.5 Å². The average Bonchev–Trinajstić information content (AvgIpc) is 2.72. The normalized spacial score (nSPS) is 16.3. The van der Waals surface area contributed by atoms with Gasteiger partial charge in [0.1, 0.15) is 5.82 Å². The molecule has 2 aromatic rings. The zero-order valence-electron chi connectivity index (χ0n) is 17.3. The molecule has 1 saturated heterocycles. The van der Waals surface area contributed by atoms with Crippen molar-refractivity contribution in [1.82, 2.24) is 18.8 Å². The summed E-state index contributed by atoms with van der Waals surface area (Å²) in [6.07, 6.45) is 0. The standard InChI is InChI=1S/C21H28ClFN4O2S/c1-25-10-12-27(13-11-25)15-18-8-6-17(7-9-18)14-24-30(28,29)26(2)16-19-20(22)4-3-5-21(19)23/h3-9,24H,10-16H2,1-2H3. The molecule has 1 aliphatic rings. The molecule has 3 rings (SSSR count). The highest BCUT2D eigenvalue weighted by molar-refractivity contribution is 7.87. The van der Waals surface area contributed by atoms with E-state index in [0.717, 1.165) is 42.6 Å². The molecule has 1 aliphatic heterocycles. The Balaban J connectivity index is 1.53. The smallest absolute Gasteiger partial charge is 0.279 e. The Kier molecular flexibility index (Phi) is 7.84. The van der Waals surface area contributed by atoms with E-state index >= 15 is 0 Å². The average molecular weight is 455 g/mol. The summed E-state index contributed by atoms with van der Waals surface area (Å²) in [5.41, 5.74) is 2.22. The summed E-state index contributed by atoms with van der Waals surface area (Å²) in [7, 11) is -0.256. The molecule has 0 unspecified atom stereocenters. The van der Waals surface area contributed by atoms with Gasteiger partial charge in [-0.15, -0.1) is 0 Å². The van der Waals surface area contributed by atoms with Crippen LogP contribution < -0.4 is 4.72 Å². The second kappa shape index (κ2) is 10.2. The van der Waals surface area contributed by atoms with Gasteiger partial charge in [-0.05, 0) is 30.3 Å². The number of nitrogens with one attached hydrogen (secondary N) is 1. The fourth-order valence-electron chi connectivity index (χ4n) is 3.30. The van der Waals surface area contributed by atoms with Crippen LogP contribution >= 0.6 is 11.6 Å². The SMILES string of the molecule is CN1CCN(Cc2ccc(CNS(=O)(=O)N(C)Cc3c(F)cccc3Cl)cc2)CC1. The van der Waals surface area contributed by atoms with Crippen molar-refractivity contribution < 1.29 is 12.8 Å². The van der Waals surface area contributed by atoms with Gasteiger partial charge in [-0.3, -0.25) is 4.90 Å². The summed E-state index contributed by atoms with van der Waals surface area (Å²) < 4.78 is 42.6. The minimum Gasteiger partial charge on any atom is -0.304 e. The van der Waals surface area contributed by atoms with Crippen molar-refractivity contribution in [2.75, 3.05) is 40.3 Å². The highest BCUT2D eigenvalue weighted by Crippen LogP contribution is 2.21. The number of nitrogens with zero attached hydrogens (tertiary/aromatic N) is 3. The zero-order chi connectivity index (χ0) is 21.7. The number of hydrogen-bond donors (Lipinski definition) is 1. The first-order valence-corrected chi connectivity index (χ1v) is 11.7. The Morgan fingerprint density at radius 3 is 2.33 bits per heavy atom. The molecular formula is C21H28ClFN4O2S. The summed E-state index contributed by atoms with van der Waals surface area (Å²) in [6.45, 7) is 5.16. The lowest BCUT2D eigenvalue weighted by atomic mass is 10.1. The largest absolute Gasteiger partial charge is 0.304 e. The first kappa shape index (κ1) is 23.1. The maximum absolute atomic E-state index is 13.9. The predicted molar refractivity (Wildman–Crippen MR) is 118 cm³/mol. The van der Waals surface area contributed by atoms with E-state index < -0.39 is 16.0 Å². The fourth-order valence-corrected chi connectivity index (χ4v) is 4.39. The quantitative estimate of drug-likeness (QED) is 0.666. The van der Waals surface area contributed by atoms with Gasteiger partial charge in [0.15, 0.2) is 0 Å². The molecule has 1 N–H and O–H groups in total. The second-order valence-electron chi connectivity index (χ2n) is 7.68. The summed E-state index contributed by atoms with van der Waals surface area (Å²) in [5.74, 6) is -0.527. The maximum Gasteiger partial charge on any atom is 0.279 e. The van der Waals surface area contributed by atoms with Crippen LogP contribution in [0, 0.1) is 5.82 Å². The number of hydrogen-bond acceptors (Lipinski definition) is 4.